The summed E-state index contributed by atoms with van der Waals surface area (Å²) in [6.07, 6.45) is 5.35. The summed E-state index contributed by atoms with van der Waals surface area (Å²) >= 11 is 0. The van der Waals surface area contributed by atoms with Crippen LogP contribution in [-0.4, -0.2) is 22.9 Å². The average Bonchev–Trinajstić information content (AvgIpc) is 3.33. The summed E-state index contributed by atoms with van der Waals surface area (Å²) in [6, 6.07) is 17.0. The number of aromatic nitrogens is 2. The second-order valence-corrected chi connectivity index (χ2v) is 9.95. The van der Waals surface area contributed by atoms with Crippen molar-refractivity contribution in [2.24, 2.45) is 0 Å². The maximum absolute atomic E-state index is 12.9. The van der Waals surface area contributed by atoms with Gasteiger partial charge in [-0.3, -0.25) is 14.8 Å². The van der Waals surface area contributed by atoms with Gasteiger partial charge in [0.15, 0.2) is 0 Å². The molecule has 10 heteroatoms. The molecule has 35 heavy (non-hydrogen) atoms. The lowest BCUT2D eigenvalue weighted by Gasteiger charge is -2.13. The van der Waals surface area contributed by atoms with Crippen LogP contribution in [0.1, 0.15) is 22.3 Å². The van der Waals surface area contributed by atoms with Crippen molar-refractivity contribution < 1.29 is 13.3 Å². The molecule has 4 aromatic rings. The monoisotopic (exact) mass is 491 g/mol. The van der Waals surface area contributed by atoms with Gasteiger partial charge in [0.2, 0.25) is 0 Å². The van der Waals surface area contributed by atoms with Crippen molar-refractivity contribution in [2.45, 2.75) is 31.8 Å². The van der Waals surface area contributed by atoms with Crippen LogP contribution in [0.3, 0.4) is 0 Å². The number of sulfonamides is 1. The largest absolute Gasteiger partial charge is 0.375 e. The van der Waals surface area contributed by atoms with Gasteiger partial charge in [-0.25, -0.2) is 13.4 Å². The van der Waals surface area contributed by atoms with E-state index >= 15 is 0 Å². The number of nitrogens with zero attached hydrogens (tertiary/aromatic N) is 3. The van der Waals surface area contributed by atoms with Crippen molar-refractivity contribution >= 4 is 27.1 Å². The minimum Gasteiger partial charge on any atom is -0.375 e. The van der Waals surface area contributed by atoms with Gasteiger partial charge in [-0.05, 0) is 48.7 Å². The van der Waals surface area contributed by atoms with Crippen molar-refractivity contribution in [3.05, 3.63) is 112 Å². The highest BCUT2D eigenvalue weighted by atomic mass is 32.2. The van der Waals surface area contributed by atoms with Crippen LogP contribution >= 0.6 is 0 Å². The van der Waals surface area contributed by atoms with Gasteiger partial charge < -0.3 is 9.88 Å². The number of benzene rings is 3. The smallest absolute Gasteiger partial charge is 0.293 e. The summed E-state index contributed by atoms with van der Waals surface area (Å²) in [4.78, 5) is 15.0. The lowest BCUT2D eigenvalue weighted by molar-refractivity contribution is -0.384. The molecule has 2 N–H and O–H groups in total. The molecule has 0 amide bonds. The minimum atomic E-state index is -4.00. The number of nitro benzene ring substituents is 1. The topological polar surface area (TPSA) is 119 Å². The van der Waals surface area contributed by atoms with Crippen LogP contribution in [0.4, 0.5) is 17.1 Å². The molecule has 0 aliphatic carbocycles. The quantitative estimate of drug-likeness (QED) is 0.255. The molecule has 0 fully saturated rings. The van der Waals surface area contributed by atoms with Gasteiger partial charge in [0.1, 0.15) is 5.69 Å². The maximum Gasteiger partial charge on any atom is 0.293 e. The number of nitro groups is 1. The molecule has 4 rings (SSSR count). The highest BCUT2D eigenvalue weighted by molar-refractivity contribution is 7.92. The third-order valence-corrected chi connectivity index (χ3v) is 6.90. The van der Waals surface area contributed by atoms with E-state index in [-0.39, 0.29) is 16.3 Å². The van der Waals surface area contributed by atoms with Crippen LogP contribution in [0.2, 0.25) is 0 Å². The first-order chi connectivity index (χ1) is 16.7. The Balaban J connectivity index is 1.48. The molecule has 0 aliphatic rings. The first-order valence-electron chi connectivity index (χ1n) is 10.9. The molecule has 1 aromatic heterocycles. The van der Waals surface area contributed by atoms with Crippen LogP contribution in [0.5, 0.6) is 0 Å². The van der Waals surface area contributed by atoms with Gasteiger partial charge in [0.25, 0.3) is 15.7 Å². The lowest BCUT2D eigenvalue weighted by atomic mass is 10.1. The molecule has 0 spiro atoms. The van der Waals surface area contributed by atoms with Crippen LogP contribution in [0, 0.1) is 24.0 Å². The van der Waals surface area contributed by atoms with Gasteiger partial charge in [-0.2, -0.15) is 0 Å². The lowest BCUT2D eigenvalue weighted by Crippen LogP contribution is -2.14. The summed E-state index contributed by atoms with van der Waals surface area (Å²) in [5, 5.41) is 14.7. The van der Waals surface area contributed by atoms with E-state index in [1.807, 2.05) is 48.0 Å². The van der Waals surface area contributed by atoms with Crippen molar-refractivity contribution in [3.8, 4) is 0 Å². The van der Waals surface area contributed by atoms with Crippen molar-refractivity contribution in [1.29, 1.82) is 0 Å². The Hall–Kier alpha value is -4.18. The standard InChI is InChI=1S/C25H25N5O4S/c1-18-3-9-23(19(2)13-18)28-35(33,34)22-8-10-24(25(14-22)30(31)32)27-15-20-4-6-21(7-5-20)16-29-12-11-26-17-29/h3-14,17,27-28H,15-16H2,1-2H3. The zero-order valence-electron chi connectivity index (χ0n) is 19.3. The predicted molar refractivity (Wildman–Crippen MR) is 135 cm³/mol. The number of hydrogen-bond donors (Lipinski definition) is 2. The molecular weight excluding hydrogens is 466 g/mol. The van der Waals surface area contributed by atoms with E-state index in [4.69, 9.17) is 0 Å². The molecule has 0 atom stereocenters. The Kier molecular flexibility index (Phi) is 6.83. The number of rotatable bonds is 9. The van der Waals surface area contributed by atoms with E-state index in [1.54, 1.807) is 31.6 Å². The van der Waals surface area contributed by atoms with Gasteiger partial charge in [-0.15, -0.1) is 0 Å². The minimum absolute atomic E-state index is 0.182. The van der Waals surface area contributed by atoms with Gasteiger partial charge in [0.05, 0.1) is 21.8 Å². The van der Waals surface area contributed by atoms with E-state index in [0.717, 1.165) is 28.3 Å². The second-order valence-electron chi connectivity index (χ2n) is 8.27. The van der Waals surface area contributed by atoms with E-state index in [1.165, 1.54) is 12.1 Å². The molecule has 0 aliphatic heterocycles. The molecule has 0 saturated carbocycles. The van der Waals surface area contributed by atoms with E-state index in [9.17, 15) is 18.5 Å². The first-order valence-corrected chi connectivity index (χ1v) is 12.4. The first kappa shape index (κ1) is 24.0. The Morgan fingerprint density at radius 2 is 1.69 bits per heavy atom. The van der Waals surface area contributed by atoms with Crippen molar-refractivity contribution in [3.63, 3.8) is 0 Å². The Labute approximate surface area is 203 Å². The summed E-state index contributed by atoms with van der Waals surface area (Å²) in [5.41, 5.74) is 4.15. The highest BCUT2D eigenvalue weighted by Crippen LogP contribution is 2.29. The third-order valence-electron chi connectivity index (χ3n) is 5.53. The van der Waals surface area contributed by atoms with E-state index < -0.39 is 14.9 Å². The summed E-state index contributed by atoms with van der Waals surface area (Å²) < 4.78 is 30.3. The molecule has 0 bridgehead atoms. The molecule has 0 radical (unpaired) electrons. The van der Waals surface area contributed by atoms with E-state index in [2.05, 4.69) is 15.0 Å². The van der Waals surface area contributed by atoms with Crippen LogP contribution in [0.25, 0.3) is 0 Å². The number of aryl methyl sites for hydroxylation is 2. The third kappa shape index (κ3) is 5.85. The summed E-state index contributed by atoms with van der Waals surface area (Å²) in [6.45, 7) is 4.76. The fourth-order valence-corrected chi connectivity index (χ4v) is 4.81. The molecule has 3 aromatic carbocycles. The summed E-state index contributed by atoms with van der Waals surface area (Å²) in [7, 11) is -4.00. The van der Waals surface area contributed by atoms with Crippen molar-refractivity contribution in [2.75, 3.05) is 10.0 Å². The number of nitrogens with one attached hydrogen (secondary N) is 2. The SMILES string of the molecule is Cc1ccc(NS(=O)(=O)c2ccc(NCc3ccc(Cn4ccnc4)cc3)c([N+](=O)[O-])c2)c(C)c1. The Morgan fingerprint density at radius 1 is 0.971 bits per heavy atom. The number of hydrogen-bond acceptors (Lipinski definition) is 6. The Bertz CT molecular complexity index is 1450. The molecule has 180 valence electrons. The van der Waals surface area contributed by atoms with Gasteiger partial charge >= 0.3 is 0 Å². The fraction of sp³-hybridized carbons (Fsp3) is 0.160. The zero-order valence-corrected chi connectivity index (χ0v) is 20.1. The van der Waals surface area contributed by atoms with Crippen molar-refractivity contribution in [1.82, 2.24) is 9.55 Å². The van der Waals surface area contributed by atoms with Crippen LogP contribution < -0.4 is 10.0 Å². The molecule has 1 heterocycles. The maximum atomic E-state index is 12.9. The molecule has 9 nitrogen and oxygen atoms in total. The number of anilines is 2. The molecule has 0 saturated heterocycles. The predicted octanol–water partition coefficient (Wildman–Crippen LogP) is 4.87. The van der Waals surface area contributed by atoms with Crippen LogP contribution in [-0.2, 0) is 23.1 Å². The average molecular weight is 492 g/mol. The van der Waals surface area contributed by atoms with Gasteiger partial charge in [-0.1, -0.05) is 42.0 Å². The zero-order chi connectivity index (χ0) is 25.0. The summed E-state index contributed by atoms with van der Waals surface area (Å²) in [5.74, 6) is 0. The Morgan fingerprint density at radius 3 is 2.34 bits per heavy atom. The molecular formula is C25H25N5O4S. The molecule has 0 unspecified atom stereocenters. The number of imidazole rings is 1. The normalized spacial score (nSPS) is 11.3. The fourth-order valence-electron chi connectivity index (χ4n) is 3.66. The van der Waals surface area contributed by atoms with Crippen LogP contribution in [0.15, 0.2) is 84.3 Å². The van der Waals surface area contributed by atoms with E-state index in [0.29, 0.717) is 18.8 Å². The second kappa shape index (κ2) is 9.98. The van der Waals surface area contributed by atoms with Gasteiger partial charge in [0, 0.05) is 31.5 Å². The highest BCUT2D eigenvalue weighted by Gasteiger charge is 2.22.